The van der Waals surface area contributed by atoms with Crippen LogP contribution in [-0.2, 0) is 15.8 Å². The van der Waals surface area contributed by atoms with Crippen LogP contribution < -0.4 is 10.3 Å². The predicted octanol–water partition coefficient (Wildman–Crippen LogP) is 4.35. The lowest BCUT2D eigenvalue weighted by Gasteiger charge is -2.31. The highest BCUT2D eigenvalue weighted by atomic mass is 19.4. The van der Waals surface area contributed by atoms with Crippen molar-refractivity contribution >= 4 is 28.9 Å². The highest BCUT2D eigenvalue weighted by Gasteiger charge is 2.54. The lowest BCUT2D eigenvalue weighted by Crippen LogP contribution is -2.57. The molecule has 1 aromatic rings. The van der Waals surface area contributed by atoms with Gasteiger partial charge in [0.05, 0.1) is 17.8 Å². The van der Waals surface area contributed by atoms with Crippen molar-refractivity contribution < 1.29 is 49.1 Å². The number of alkyl halides is 9. The lowest BCUT2D eigenvalue weighted by atomic mass is 9.94. The standard InChI is InChI=1S/C16H9F9N4O2/c1-13(6-10(27-28-13)15(20,21)22)11(30)29(12(31)16(23,24)25)7-3-4-9(26-2)8(5-7)14(17,18)19/h3-5,28H,6H2,1H3. The molecule has 0 radical (unpaired) electrons. The Morgan fingerprint density at radius 2 is 1.68 bits per heavy atom. The normalized spacial score (nSPS) is 19.3. The van der Waals surface area contributed by atoms with Gasteiger partial charge in [0.2, 0.25) is 0 Å². The lowest BCUT2D eigenvalue weighted by molar-refractivity contribution is -0.171. The van der Waals surface area contributed by atoms with Gasteiger partial charge in [0.1, 0.15) is 11.3 Å². The van der Waals surface area contributed by atoms with E-state index in [1.165, 1.54) is 0 Å². The fourth-order valence-electron chi connectivity index (χ4n) is 2.58. The minimum absolute atomic E-state index is 0.0429. The number of benzene rings is 1. The molecule has 0 aliphatic carbocycles. The van der Waals surface area contributed by atoms with Crippen LogP contribution in [0.25, 0.3) is 4.85 Å². The number of nitrogens with one attached hydrogen (secondary N) is 1. The van der Waals surface area contributed by atoms with E-state index in [2.05, 4.69) is 9.95 Å². The number of halogens is 9. The van der Waals surface area contributed by atoms with Crippen LogP contribution in [0.4, 0.5) is 50.9 Å². The van der Waals surface area contributed by atoms with E-state index in [4.69, 9.17) is 6.57 Å². The molecular formula is C16H9F9N4O2. The molecule has 15 heteroatoms. The summed E-state index contributed by atoms with van der Waals surface area (Å²) in [6, 6.07) is 0.851. The molecule has 0 bridgehead atoms. The topological polar surface area (TPSA) is 66.1 Å². The fourth-order valence-corrected chi connectivity index (χ4v) is 2.58. The molecule has 168 valence electrons. The van der Waals surface area contributed by atoms with Crippen LogP contribution >= 0.6 is 0 Å². The molecule has 0 fully saturated rings. The largest absolute Gasteiger partial charge is 0.472 e. The van der Waals surface area contributed by atoms with Gasteiger partial charge in [0.25, 0.3) is 5.91 Å². The maximum atomic E-state index is 13.2. The van der Waals surface area contributed by atoms with Crippen molar-refractivity contribution in [1.82, 2.24) is 5.43 Å². The third-order valence-corrected chi connectivity index (χ3v) is 4.07. The first-order valence-corrected chi connectivity index (χ1v) is 7.87. The molecule has 1 N–H and O–H groups in total. The molecule has 1 unspecified atom stereocenters. The fraction of sp³-hybridized carbons (Fsp3) is 0.375. The summed E-state index contributed by atoms with van der Waals surface area (Å²) in [7, 11) is 0. The molecule has 1 aliphatic rings. The summed E-state index contributed by atoms with van der Waals surface area (Å²) < 4.78 is 117. The van der Waals surface area contributed by atoms with E-state index >= 15 is 0 Å². The Hall–Kier alpha value is -3.31. The van der Waals surface area contributed by atoms with Gasteiger partial charge in [-0.15, -0.1) is 0 Å². The number of carbonyl (C=O) groups excluding carboxylic acids is 2. The number of carbonyl (C=O) groups is 2. The van der Waals surface area contributed by atoms with Gasteiger partial charge in [-0.25, -0.2) is 9.74 Å². The van der Waals surface area contributed by atoms with Crippen LogP contribution in [0.1, 0.15) is 18.9 Å². The summed E-state index contributed by atoms with van der Waals surface area (Å²) in [5, 5.41) is 2.84. The summed E-state index contributed by atoms with van der Waals surface area (Å²) in [5.74, 6) is -4.87. The van der Waals surface area contributed by atoms with Gasteiger partial charge in [-0.1, -0.05) is 6.07 Å². The Balaban J connectivity index is 2.60. The van der Waals surface area contributed by atoms with Gasteiger partial charge in [0, 0.05) is 6.42 Å². The van der Waals surface area contributed by atoms with Crippen LogP contribution in [0, 0.1) is 6.57 Å². The molecule has 2 rings (SSSR count). The van der Waals surface area contributed by atoms with Gasteiger partial charge in [0.15, 0.2) is 5.69 Å². The Kier molecular flexibility index (Phi) is 5.74. The van der Waals surface area contributed by atoms with Gasteiger partial charge < -0.3 is 0 Å². The highest BCUT2D eigenvalue weighted by Crippen LogP contribution is 2.40. The zero-order chi connectivity index (χ0) is 24.0. The van der Waals surface area contributed by atoms with Crippen molar-refractivity contribution in [3.63, 3.8) is 0 Å². The highest BCUT2D eigenvalue weighted by molar-refractivity contribution is 6.20. The average Bonchev–Trinajstić information content (AvgIpc) is 3.04. The van der Waals surface area contributed by atoms with Crippen molar-refractivity contribution in [3.05, 3.63) is 35.2 Å². The molecular weight excluding hydrogens is 451 g/mol. The Morgan fingerprint density at radius 3 is 2.10 bits per heavy atom. The molecule has 2 amide bonds. The minimum Gasteiger partial charge on any atom is -0.294 e. The Bertz CT molecular complexity index is 989. The molecule has 0 saturated heterocycles. The first-order valence-electron chi connectivity index (χ1n) is 7.87. The smallest absolute Gasteiger partial charge is 0.294 e. The number of hydrogen-bond donors (Lipinski definition) is 1. The molecule has 0 spiro atoms. The van der Waals surface area contributed by atoms with Crippen LogP contribution in [0.3, 0.4) is 0 Å². The van der Waals surface area contributed by atoms with Gasteiger partial charge in [-0.2, -0.15) is 44.6 Å². The molecule has 0 saturated carbocycles. The van der Waals surface area contributed by atoms with E-state index < -0.39 is 69.9 Å². The summed E-state index contributed by atoms with van der Waals surface area (Å²) >= 11 is 0. The van der Waals surface area contributed by atoms with Crippen LogP contribution in [0.5, 0.6) is 0 Å². The number of hydrazone groups is 1. The third kappa shape index (κ3) is 4.72. The van der Waals surface area contributed by atoms with E-state index in [1.54, 1.807) is 5.43 Å². The van der Waals surface area contributed by atoms with Crippen LogP contribution in [-0.4, -0.2) is 35.4 Å². The van der Waals surface area contributed by atoms with E-state index in [0.29, 0.717) is 19.1 Å². The monoisotopic (exact) mass is 460 g/mol. The van der Waals surface area contributed by atoms with Crippen molar-refractivity contribution in [3.8, 4) is 0 Å². The van der Waals surface area contributed by atoms with Crippen molar-refractivity contribution in [1.29, 1.82) is 0 Å². The number of hydrogen-bond acceptors (Lipinski definition) is 4. The quantitative estimate of drug-likeness (QED) is 0.528. The number of imide groups is 1. The first-order chi connectivity index (χ1) is 13.9. The number of rotatable bonds is 2. The number of amides is 2. The van der Waals surface area contributed by atoms with Crippen molar-refractivity contribution in [2.45, 2.75) is 37.4 Å². The van der Waals surface area contributed by atoms with Crippen LogP contribution in [0.15, 0.2) is 23.3 Å². The molecule has 1 aliphatic heterocycles. The summed E-state index contributed by atoms with van der Waals surface area (Å²) in [5.41, 5.74) is -6.41. The predicted molar refractivity (Wildman–Crippen MR) is 85.9 cm³/mol. The average molecular weight is 460 g/mol. The van der Waals surface area contributed by atoms with Gasteiger partial charge in [-0.05, 0) is 19.1 Å². The molecule has 0 aromatic heterocycles. The zero-order valence-corrected chi connectivity index (χ0v) is 15.0. The SMILES string of the molecule is [C-]#[N+]c1ccc(N(C(=O)C(F)(F)F)C(=O)C2(C)CC(C(F)(F)F)=NN2)cc1C(F)(F)F. The molecule has 1 atom stereocenters. The summed E-state index contributed by atoms with van der Waals surface area (Å²) in [6.45, 7) is 7.43. The molecule has 1 heterocycles. The second kappa shape index (κ2) is 7.43. The first kappa shape index (κ1) is 24.0. The van der Waals surface area contributed by atoms with Crippen molar-refractivity contribution in [2.24, 2.45) is 5.10 Å². The van der Waals surface area contributed by atoms with E-state index in [-0.39, 0.29) is 6.07 Å². The minimum atomic E-state index is -5.77. The zero-order valence-electron chi connectivity index (χ0n) is 15.0. The summed E-state index contributed by atoms with van der Waals surface area (Å²) in [6.07, 6.45) is -17.4. The van der Waals surface area contributed by atoms with E-state index in [9.17, 15) is 49.1 Å². The third-order valence-electron chi connectivity index (χ3n) is 4.07. The Labute approximate surface area is 167 Å². The maximum Gasteiger partial charge on any atom is 0.472 e. The van der Waals surface area contributed by atoms with Gasteiger partial charge in [-0.3, -0.25) is 15.0 Å². The number of anilines is 1. The number of nitrogens with zero attached hydrogens (tertiary/aromatic N) is 3. The second-order valence-corrected chi connectivity index (χ2v) is 6.43. The van der Waals surface area contributed by atoms with E-state index in [1.807, 2.05) is 0 Å². The molecule has 6 nitrogen and oxygen atoms in total. The van der Waals surface area contributed by atoms with Crippen molar-refractivity contribution in [2.75, 3.05) is 4.90 Å². The molecule has 1 aromatic carbocycles. The molecule has 31 heavy (non-hydrogen) atoms. The van der Waals surface area contributed by atoms with Crippen LogP contribution in [0.2, 0.25) is 0 Å². The Morgan fingerprint density at radius 1 is 1.10 bits per heavy atom. The van der Waals surface area contributed by atoms with E-state index in [0.717, 1.165) is 0 Å². The maximum absolute atomic E-state index is 13.2. The second-order valence-electron chi connectivity index (χ2n) is 6.43. The van der Waals surface area contributed by atoms with Gasteiger partial charge >= 0.3 is 24.4 Å². The summed E-state index contributed by atoms with van der Waals surface area (Å²) in [4.78, 5) is 26.4.